The number of amides is 1. The van der Waals surface area contributed by atoms with Crippen molar-refractivity contribution in [2.75, 3.05) is 18.5 Å². The summed E-state index contributed by atoms with van der Waals surface area (Å²) in [4.78, 5) is 11.4. The number of ether oxygens (including phenoxy) is 1. The Kier molecular flexibility index (Phi) is 6.87. The average Bonchev–Trinajstić information content (AvgIpc) is 2.36. The van der Waals surface area contributed by atoms with Crippen LogP contribution in [0.25, 0.3) is 0 Å². The standard InChI is InChI=1S/C14H22N2O2/c1-3-7-12(2)15-10-11-18-14(17)16-13-8-5-4-6-9-13/h4-6,8-9,12,15H,3,7,10-11H2,1-2H3,(H,16,17). The van der Waals surface area contributed by atoms with Crippen LogP contribution in [0.15, 0.2) is 30.3 Å². The molecule has 2 N–H and O–H groups in total. The number of hydrogen-bond acceptors (Lipinski definition) is 3. The topological polar surface area (TPSA) is 50.4 Å². The van der Waals surface area contributed by atoms with Crippen molar-refractivity contribution >= 4 is 11.8 Å². The Morgan fingerprint density at radius 2 is 2.06 bits per heavy atom. The predicted octanol–water partition coefficient (Wildman–Crippen LogP) is 3.01. The van der Waals surface area contributed by atoms with Gasteiger partial charge < -0.3 is 10.1 Å². The molecule has 0 aliphatic heterocycles. The van der Waals surface area contributed by atoms with Crippen LogP contribution in [0.3, 0.4) is 0 Å². The predicted molar refractivity (Wildman–Crippen MR) is 73.8 cm³/mol. The van der Waals surface area contributed by atoms with Crippen LogP contribution in [0.4, 0.5) is 10.5 Å². The number of rotatable bonds is 7. The van der Waals surface area contributed by atoms with E-state index >= 15 is 0 Å². The summed E-state index contributed by atoms with van der Waals surface area (Å²) in [6.07, 6.45) is 1.88. The number of para-hydroxylation sites is 1. The summed E-state index contributed by atoms with van der Waals surface area (Å²) in [5, 5.41) is 5.96. The number of benzene rings is 1. The minimum absolute atomic E-state index is 0.382. The first-order chi connectivity index (χ1) is 8.72. The number of anilines is 1. The minimum Gasteiger partial charge on any atom is -0.448 e. The first kappa shape index (κ1) is 14.5. The fourth-order valence-corrected chi connectivity index (χ4v) is 1.66. The first-order valence-corrected chi connectivity index (χ1v) is 6.44. The highest BCUT2D eigenvalue weighted by Gasteiger charge is 2.03. The van der Waals surface area contributed by atoms with Crippen LogP contribution in [0, 0.1) is 0 Å². The monoisotopic (exact) mass is 250 g/mol. The SMILES string of the molecule is CCCC(C)NCCOC(=O)Nc1ccccc1. The van der Waals surface area contributed by atoms with Crippen molar-refractivity contribution in [1.29, 1.82) is 0 Å². The van der Waals surface area contributed by atoms with Crippen molar-refractivity contribution < 1.29 is 9.53 Å². The Balaban J connectivity index is 2.11. The van der Waals surface area contributed by atoms with Gasteiger partial charge in [-0.2, -0.15) is 0 Å². The Bertz CT molecular complexity index is 341. The number of carbonyl (C=O) groups excluding carboxylic acids is 1. The third kappa shape index (κ3) is 6.25. The summed E-state index contributed by atoms with van der Waals surface area (Å²) in [5.41, 5.74) is 0.745. The molecule has 0 fully saturated rings. The van der Waals surface area contributed by atoms with Gasteiger partial charge in [0.05, 0.1) is 0 Å². The second-order valence-corrected chi connectivity index (χ2v) is 4.27. The third-order valence-electron chi connectivity index (χ3n) is 2.57. The molecule has 1 aromatic rings. The molecule has 0 radical (unpaired) electrons. The van der Waals surface area contributed by atoms with Gasteiger partial charge in [-0.3, -0.25) is 5.32 Å². The molecule has 0 saturated carbocycles. The molecule has 0 aliphatic carbocycles. The van der Waals surface area contributed by atoms with Crippen molar-refractivity contribution in [2.45, 2.75) is 32.7 Å². The van der Waals surface area contributed by atoms with Gasteiger partial charge in [0.25, 0.3) is 0 Å². The van der Waals surface area contributed by atoms with E-state index in [1.807, 2.05) is 30.3 Å². The molecule has 0 spiro atoms. The lowest BCUT2D eigenvalue weighted by Gasteiger charge is -2.12. The fraction of sp³-hybridized carbons (Fsp3) is 0.500. The van der Waals surface area contributed by atoms with Crippen LogP contribution in [0.1, 0.15) is 26.7 Å². The van der Waals surface area contributed by atoms with E-state index in [0.29, 0.717) is 19.2 Å². The Morgan fingerprint density at radius 3 is 2.72 bits per heavy atom. The van der Waals surface area contributed by atoms with Crippen LogP contribution in [0.5, 0.6) is 0 Å². The Labute approximate surface area is 109 Å². The maximum absolute atomic E-state index is 11.4. The molecule has 1 atom stereocenters. The molecule has 0 saturated heterocycles. The van der Waals surface area contributed by atoms with Crippen LogP contribution in [-0.4, -0.2) is 25.3 Å². The lowest BCUT2D eigenvalue weighted by atomic mass is 10.2. The molecule has 100 valence electrons. The van der Waals surface area contributed by atoms with Crippen molar-refractivity contribution in [1.82, 2.24) is 5.32 Å². The molecule has 1 rings (SSSR count). The largest absolute Gasteiger partial charge is 0.448 e. The molecule has 1 aromatic carbocycles. The normalized spacial score (nSPS) is 11.9. The van der Waals surface area contributed by atoms with Gasteiger partial charge in [-0.25, -0.2) is 4.79 Å². The molecular formula is C14H22N2O2. The molecule has 0 bridgehead atoms. The van der Waals surface area contributed by atoms with Crippen LogP contribution < -0.4 is 10.6 Å². The van der Waals surface area contributed by atoms with E-state index in [9.17, 15) is 4.79 Å². The smallest absolute Gasteiger partial charge is 0.411 e. The second kappa shape index (κ2) is 8.53. The molecule has 0 heterocycles. The molecule has 4 heteroatoms. The molecule has 1 unspecified atom stereocenters. The molecule has 18 heavy (non-hydrogen) atoms. The van der Waals surface area contributed by atoms with Crippen LogP contribution in [-0.2, 0) is 4.74 Å². The van der Waals surface area contributed by atoms with Gasteiger partial charge in [-0.15, -0.1) is 0 Å². The Morgan fingerprint density at radius 1 is 1.33 bits per heavy atom. The summed E-state index contributed by atoms with van der Waals surface area (Å²) in [7, 11) is 0. The highest BCUT2D eigenvalue weighted by Crippen LogP contribution is 2.04. The zero-order chi connectivity index (χ0) is 13.2. The van der Waals surface area contributed by atoms with E-state index in [1.165, 1.54) is 0 Å². The van der Waals surface area contributed by atoms with Gasteiger partial charge in [0.2, 0.25) is 0 Å². The highest BCUT2D eigenvalue weighted by molar-refractivity contribution is 5.84. The van der Waals surface area contributed by atoms with E-state index in [4.69, 9.17) is 4.74 Å². The zero-order valence-electron chi connectivity index (χ0n) is 11.1. The minimum atomic E-state index is -0.411. The van der Waals surface area contributed by atoms with Crippen LogP contribution in [0.2, 0.25) is 0 Å². The van der Waals surface area contributed by atoms with Crippen molar-refractivity contribution in [2.24, 2.45) is 0 Å². The van der Waals surface area contributed by atoms with Crippen molar-refractivity contribution in [3.63, 3.8) is 0 Å². The lowest BCUT2D eigenvalue weighted by molar-refractivity contribution is 0.161. The molecule has 4 nitrogen and oxygen atoms in total. The van der Waals surface area contributed by atoms with Gasteiger partial charge in [0.15, 0.2) is 0 Å². The summed E-state index contributed by atoms with van der Waals surface area (Å²) in [6.45, 7) is 5.35. The van der Waals surface area contributed by atoms with Gasteiger partial charge in [0, 0.05) is 18.3 Å². The first-order valence-electron chi connectivity index (χ1n) is 6.44. The molecule has 1 amide bonds. The number of nitrogens with one attached hydrogen (secondary N) is 2. The van der Waals surface area contributed by atoms with E-state index in [0.717, 1.165) is 18.5 Å². The van der Waals surface area contributed by atoms with E-state index in [-0.39, 0.29) is 0 Å². The summed E-state index contributed by atoms with van der Waals surface area (Å²) < 4.78 is 5.06. The van der Waals surface area contributed by atoms with E-state index in [2.05, 4.69) is 24.5 Å². The highest BCUT2D eigenvalue weighted by atomic mass is 16.5. The Hall–Kier alpha value is -1.55. The number of carbonyl (C=O) groups is 1. The summed E-state index contributed by atoms with van der Waals surface area (Å²) in [5.74, 6) is 0. The van der Waals surface area contributed by atoms with E-state index in [1.54, 1.807) is 0 Å². The summed E-state index contributed by atoms with van der Waals surface area (Å²) >= 11 is 0. The average molecular weight is 250 g/mol. The van der Waals surface area contributed by atoms with Gasteiger partial charge >= 0.3 is 6.09 Å². The van der Waals surface area contributed by atoms with Gasteiger partial charge in [-0.05, 0) is 25.5 Å². The van der Waals surface area contributed by atoms with Crippen molar-refractivity contribution in [3.05, 3.63) is 30.3 Å². The third-order valence-corrected chi connectivity index (χ3v) is 2.57. The maximum Gasteiger partial charge on any atom is 0.411 e. The molecule has 0 aromatic heterocycles. The zero-order valence-corrected chi connectivity index (χ0v) is 11.1. The lowest BCUT2D eigenvalue weighted by Crippen LogP contribution is -2.30. The maximum atomic E-state index is 11.4. The quantitative estimate of drug-likeness (QED) is 0.731. The van der Waals surface area contributed by atoms with Crippen molar-refractivity contribution in [3.8, 4) is 0 Å². The molecule has 0 aliphatic rings. The van der Waals surface area contributed by atoms with Crippen LogP contribution >= 0.6 is 0 Å². The summed E-state index contributed by atoms with van der Waals surface area (Å²) in [6, 6.07) is 9.74. The van der Waals surface area contributed by atoms with Gasteiger partial charge in [-0.1, -0.05) is 31.5 Å². The fourth-order valence-electron chi connectivity index (χ4n) is 1.66. The van der Waals surface area contributed by atoms with Gasteiger partial charge in [0.1, 0.15) is 6.61 Å². The second-order valence-electron chi connectivity index (χ2n) is 4.27. The number of hydrogen-bond donors (Lipinski definition) is 2. The van der Waals surface area contributed by atoms with E-state index < -0.39 is 6.09 Å². The molecular weight excluding hydrogens is 228 g/mol.